The Kier molecular flexibility index (Phi) is 9.25. The number of methoxy groups -OCH3 is 1. The summed E-state index contributed by atoms with van der Waals surface area (Å²) in [5.74, 6) is -0.461. The number of amides is 3. The van der Waals surface area contributed by atoms with Crippen molar-refractivity contribution in [2.75, 3.05) is 26.1 Å². The quantitative estimate of drug-likeness (QED) is 0.528. The molecule has 0 saturated carbocycles. The summed E-state index contributed by atoms with van der Waals surface area (Å²) >= 11 is 0. The number of carbonyl (C=O) groups excluding carboxylic acids is 3. The predicted molar refractivity (Wildman–Crippen MR) is 133 cm³/mol. The van der Waals surface area contributed by atoms with Gasteiger partial charge in [-0.25, -0.2) is 4.79 Å². The molecule has 0 bridgehead atoms. The van der Waals surface area contributed by atoms with Gasteiger partial charge in [-0.3, -0.25) is 9.59 Å². The standard InChI is InChI=1S/C26H35N3O6/c1-16-12-17(2)14-18(13-16)22(23(31)27-19-8-10-20(34-7)11-9-19)29(6)24(32)21(15-30)28-25(33)35-26(3,4)5/h8-14,21-22,30H,15H2,1-7H3,(H,27,31)(H,28,33). The number of benzene rings is 2. The Hall–Kier alpha value is -3.59. The fraction of sp³-hybridized carbons (Fsp3) is 0.423. The molecule has 9 nitrogen and oxygen atoms in total. The summed E-state index contributed by atoms with van der Waals surface area (Å²) < 4.78 is 10.4. The van der Waals surface area contributed by atoms with Crippen LogP contribution < -0.4 is 15.4 Å². The van der Waals surface area contributed by atoms with Crippen LogP contribution in [0, 0.1) is 13.8 Å². The average molecular weight is 486 g/mol. The first kappa shape index (κ1) is 27.7. The van der Waals surface area contributed by atoms with Crippen LogP contribution in [-0.4, -0.2) is 60.3 Å². The average Bonchev–Trinajstić information content (AvgIpc) is 2.75. The fourth-order valence-electron chi connectivity index (χ4n) is 3.61. The van der Waals surface area contributed by atoms with Crippen molar-refractivity contribution in [1.29, 1.82) is 0 Å². The molecular weight excluding hydrogens is 450 g/mol. The molecule has 0 saturated heterocycles. The molecule has 190 valence electrons. The molecule has 2 aromatic carbocycles. The van der Waals surface area contributed by atoms with E-state index in [0.717, 1.165) is 11.1 Å². The van der Waals surface area contributed by atoms with Crippen LogP contribution in [0.1, 0.15) is 43.5 Å². The highest BCUT2D eigenvalue weighted by molar-refractivity contribution is 5.99. The van der Waals surface area contributed by atoms with Gasteiger partial charge in [0.25, 0.3) is 5.91 Å². The molecule has 0 radical (unpaired) electrons. The number of ether oxygens (including phenoxy) is 2. The van der Waals surface area contributed by atoms with Crippen molar-refractivity contribution >= 4 is 23.6 Å². The van der Waals surface area contributed by atoms with Crippen molar-refractivity contribution in [2.45, 2.75) is 52.3 Å². The summed E-state index contributed by atoms with van der Waals surface area (Å²) in [6, 6.07) is 10.1. The van der Waals surface area contributed by atoms with Gasteiger partial charge in [0.15, 0.2) is 0 Å². The molecule has 2 rings (SSSR count). The minimum atomic E-state index is -1.29. The lowest BCUT2D eigenvalue weighted by molar-refractivity contribution is -0.139. The Morgan fingerprint density at radius 2 is 1.60 bits per heavy atom. The van der Waals surface area contributed by atoms with E-state index in [4.69, 9.17) is 9.47 Å². The van der Waals surface area contributed by atoms with Gasteiger partial charge < -0.3 is 30.1 Å². The van der Waals surface area contributed by atoms with E-state index in [9.17, 15) is 19.5 Å². The highest BCUT2D eigenvalue weighted by atomic mass is 16.6. The minimum Gasteiger partial charge on any atom is -0.497 e. The molecular formula is C26H35N3O6. The van der Waals surface area contributed by atoms with Crippen molar-refractivity contribution in [1.82, 2.24) is 10.2 Å². The number of likely N-dealkylation sites (N-methyl/N-ethyl adjacent to an activating group) is 1. The topological polar surface area (TPSA) is 117 Å². The third-order valence-corrected chi connectivity index (χ3v) is 5.07. The number of carbonyl (C=O) groups is 3. The Morgan fingerprint density at radius 3 is 2.09 bits per heavy atom. The molecule has 35 heavy (non-hydrogen) atoms. The second-order valence-electron chi connectivity index (χ2n) is 9.37. The molecule has 9 heteroatoms. The molecule has 3 amide bonds. The van der Waals surface area contributed by atoms with E-state index in [2.05, 4.69) is 10.6 Å². The molecule has 2 atom stereocenters. The van der Waals surface area contributed by atoms with E-state index in [1.54, 1.807) is 52.1 Å². The molecule has 0 aliphatic rings. The maximum atomic E-state index is 13.4. The molecule has 0 heterocycles. The maximum Gasteiger partial charge on any atom is 0.408 e. The van der Waals surface area contributed by atoms with Crippen molar-refractivity contribution in [2.24, 2.45) is 0 Å². The highest BCUT2D eigenvalue weighted by Gasteiger charge is 2.34. The second-order valence-corrected chi connectivity index (χ2v) is 9.37. The highest BCUT2D eigenvalue weighted by Crippen LogP contribution is 2.25. The maximum absolute atomic E-state index is 13.4. The lowest BCUT2D eigenvalue weighted by atomic mass is 9.99. The zero-order valence-corrected chi connectivity index (χ0v) is 21.3. The van der Waals surface area contributed by atoms with Gasteiger partial charge >= 0.3 is 6.09 Å². The summed E-state index contributed by atoms with van der Waals surface area (Å²) in [6.45, 7) is 8.20. The zero-order chi connectivity index (χ0) is 26.3. The number of rotatable bonds is 8. The van der Waals surface area contributed by atoms with Crippen LogP contribution in [0.5, 0.6) is 5.75 Å². The summed E-state index contributed by atoms with van der Waals surface area (Å²) in [5.41, 5.74) is 2.19. The van der Waals surface area contributed by atoms with Gasteiger partial charge in [0.1, 0.15) is 23.4 Å². The number of hydrogen-bond acceptors (Lipinski definition) is 6. The number of aliphatic hydroxyl groups is 1. The van der Waals surface area contributed by atoms with E-state index < -0.39 is 42.2 Å². The first-order valence-electron chi connectivity index (χ1n) is 11.2. The van der Waals surface area contributed by atoms with Crippen LogP contribution in [-0.2, 0) is 14.3 Å². The van der Waals surface area contributed by atoms with E-state index in [0.29, 0.717) is 17.0 Å². The molecule has 0 fully saturated rings. The Labute approximate surface area is 206 Å². The van der Waals surface area contributed by atoms with Crippen LogP contribution in [0.25, 0.3) is 0 Å². The second kappa shape index (κ2) is 11.7. The van der Waals surface area contributed by atoms with Crippen LogP contribution in [0.2, 0.25) is 0 Å². The molecule has 0 aliphatic heterocycles. The SMILES string of the molecule is COc1ccc(NC(=O)C(c2cc(C)cc(C)c2)N(C)C(=O)C(CO)NC(=O)OC(C)(C)C)cc1. The monoisotopic (exact) mass is 485 g/mol. The number of alkyl carbamates (subject to hydrolysis) is 1. The molecule has 2 unspecified atom stereocenters. The summed E-state index contributed by atoms with van der Waals surface area (Å²) in [6.07, 6.45) is -0.844. The van der Waals surface area contributed by atoms with Gasteiger partial charge in [0, 0.05) is 12.7 Å². The largest absolute Gasteiger partial charge is 0.497 e. The Balaban J connectivity index is 2.35. The van der Waals surface area contributed by atoms with E-state index in [-0.39, 0.29) is 0 Å². The Morgan fingerprint density at radius 1 is 1.03 bits per heavy atom. The molecule has 0 spiro atoms. The third kappa shape index (κ3) is 7.99. The van der Waals surface area contributed by atoms with Crippen molar-refractivity contribution in [3.05, 3.63) is 59.2 Å². The van der Waals surface area contributed by atoms with Gasteiger partial charge in [-0.1, -0.05) is 29.3 Å². The number of nitrogens with zero attached hydrogens (tertiary/aromatic N) is 1. The van der Waals surface area contributed by atoms with Crippen molar-refractivity contribution in [3.8, 4) is 5.75 Å². The molecule has 0 aromatic heterocycles. The lowest BCUT2D eigenvalue weighted by Gasteiger charge is -2.31. The summed E-state index contributed by atoms with van der Waals surface area (Å²) in [5, 5.41) is 15.0. The third-order valence-electron chi connectivity index (χ3n) is 5.07. The first-order valence-corrected chi connectivity index (χ1v) is 11.2. The van der Waals surface area contributed by atoms with Crippen LogP contribution in [0.3, 0.4) is 0 Å². The fourth-order valence-corrected chi connectivity index (χ4v) is 3.61. The number of hydrogen-bond donors (Lipinski definition) is 3. The smallest absolute Gasteiger partial charge is 0.408 e. The van der Waals surface area contributed by atoms with Gasteiger partial charge in [-0.15, -0.1) is 0 Å². The van der Waals surface area contributed by atoms with Crippen LogP contribution in [0.15, 0.2) is 42.5 Å². The molecule has 2 aromatic rings. The molecule has 0 aliphatic carbocycles. The van der Waals surface area contributed by atoms with E-state index >= 15 is 0 Å². The Bertz CT molecular complexity index is 1030. The van der Waals surface area contributed by atoms with Crippen molar-refractivity contribution in [3.63, 3.8) is 0 Å². The van der Waals surface area contributed by atoms with Crippen molar-refractivity contribution < 1.29 is 29.0 Å². The van der Waals surface area contributed by atoms with Crippen LogP contribution in [0.4, 0.5) is 10.5 Å². The summed E-state index contributed by atoms with van der Waals surface area (Å²) in [7, 11) is 3.00. The number of anilines is 1. The zero-order valence-electron chi connectivity index (χ0n) is 21.3. The van der Waals surface area contributed by atoms with E-state index in [1.807, 2.05) is 32.0 Å². The first-order chi connectivity index (χ1) is 16.3. The molecule has 3 N–H and O–H groups in total. The normalized spacial score (nSPS) is 12.8. The number of nitrogens with one attached hydrogen (secondary N) is 2. The number of aryl methyl sites for hydroxylation is 2. The summed E-state index contributed by atoms with van der Waals surface area (Å²) in [4.78, 5) is 40.2. The van der Waals surface area contributed by atoms with Gasteiger partial charge in [0.05, 0.1) is 13.7 Å². The van der Waals surface area contributed by atoms with Gasteiger partial charge in [-0.05, 0) is 64.4 Å². The predicted octanol–water partition coefficient (Wildman–Crippen LogP) is 3.34. The number of aliphatic hydroxyl groups excluding tert-OH is 1. The van der Waals surface area contributed by atoms with Gasteiger partial charge in [-0.2, -0.15) is 0 Å². The minimum absolute atomic E-state index is 0.454. The van der Waals surface area contributed by atoms with Crippen LogP contribution >= 0.6 is 0 Å². The van der Waals surface area contributed by atoms with Gasteiger partial charge in [0.2, 0.25) is 5.91 Å². The van der Waals surface area contributed by atoms with E-state index in [1.165, 1.54) is 11.9 Å². The lowest BCUT2D eigenvalue weighted by Crippen LogP contribution is -2.52.